The Morgan fingerprint density at radius 2 is 2.20 bits per heavy atom. The maximum Gasteiger partial charge on any atom is 0.320 e. The van der Waals surface area contributed by atoms with E-state index in [-0.39, 0.29) is 12.1 Å². The highest BCUT2D eigenvalue weighted by Gasteiger charge is 2.21. The molecule has 0 aromatic carbocycles. The second kappa shape index (κ2) is 6.11. The average Bonchev–Trinajstić information content (AvgIpc) is 2.15. The summed E-state index contributed by atoms with van der Waals surface area (Å²) in [5.41, 5.74) is 0. The van der Waals surface area contributed by atoms with E-state index in [0.29, 0.717) is 18.5 Å². The molecule has 0 bridgehead atoms. The molecule has 1 N–H and O–H groups in total. The van der Waals surface area contributed by atoms with E-state index in [1.807, 2.05) is 13.8 Å². The van der Waals surface area contributed by atoms with E-state index in [1.165, 1.54) is 12.8 Å². The molecule has 0 aliphatic heterocycles. The molecular weight excluding hydrogens is 190 g/mol. The van der Waals surface area contributed by atoms with Crippen LogP contribution in [0.2, 0.25) is 0 Å². The van der Waals surface area contributed by atoms with E-state index in [1.54, 1.807) is 0 Å². The molecule has 2 atom stereocenters. The van der Waals surface area contributed by atoms with Crippen molar-refractivity contribution < 1.29 is 9.53 Å². The Morgan fingerprint density at radius 3 is 2.80 bits per heavy atom. The Hall–Kier alpha value is -0.570. The normalized spacial score (nSPS) is 26.7. The summed E-state index contributed by atoms with van der Waals surface area (Å²) in [6, 6.07) is 0.336. The lowest BCUT2D eigenvalue weighted by Gasteiger charge is -2.26. The smallest absolute Gasteiger partial charge is 0.320 e. The zero-order valence-electron chi connectivity index (χ0n) is 10.1. The van der Waals surface area contributed by atoms with Gasteiger partial charge in [0.15, 0.2) is 0 Å². The summed E-state index contributed by atoms with van der Waals surface area (Å²) in [4.78, 5) is 11.4. The van der Waals surface area contributed by atoms with Gasteiger partial charge in [0.1, 0.15) is 6.10 Å². The monoisotopic (exact) mass is 213 g/mol. The fourth-order valence-corrected chi connectivity index (χ4v) is 2.00. The van der Waals surface area contributed by atoms with Crippen molar-refractivity contribution in [3.05, 3.63) is 0 Å². The predicted molar refractivity (Wildman–Crippen MR) is 60.7 cm³/mol. The van der Waals surface area contributed by atoms with Crippen molar-refractivity contribution in [3.8, 4) is 0 Å². The molecule has 0 heterocycles. The first-order valence-electron chi connectivity index (χ1n) is 6.00. The summed E-state index contributed by atoms with van der Waals surface area (Å²) in [7, 11) is 0. The van der Waals surface area contributed by atoms with E-state index in [2.05, 4.69) is 12.2 Å². The van der Waals surface area contributed by atoms with Crippen LogP contribution >= 0.6 is 0 Å². The van der Waals surface area contributed by atoms with Crippen LogP contribution in [0, 0.1) is 5.92 Å². The molecular formula is C12H23NO2. The summed E-state index contributed by atoms with van der Waals surface area (Å²) in [5, 5.41) is 3.07. The third-order valence-corrected chi connectivity index (χ3v) is 2.84. The second-order valence-corrected chi connectivity index (χ2v) is 4.92. The fourth-order valence-electron chi connectivity index (χ4n) is 2.00. The number of nitrogens with one attached hydrogen (secondary N) is 1. The highest BCUT2D eigenvalue weighted by Crippen LogP contribution is 2.25. The van der Waals surface area contributed by atoms with Gasteiger partial charge in [0.2, 0.25) is 0 Å². The average molecular weight is 213 g/mol. The largest absolute Gasteiger partial charge is 0.461 e. The molecule has 0 aromatic rings. The second-order valence-electron chi connectivity index (χ2n) is 4.92. The van der Waals surface area contributed by atoms with Gasteiger partial charge in [-0.05, 0) is 25.2 Å². The summed E-state index contributed by atoms with van der Waals surface area (Å²) in [6.07, 6.45) is 4.70. The molecule has 88 valence electrons. The Kier molecular flexibility index (Phi) is 5.09. The summed E-state index contributed by atoms with van der Waals surface area (Å²) in [6.45, 7) is 6.61. The Labute approximate surface area is 92.6 Å². The lowest BCUT2D eigenvalue weighted by molar-refractivity contribution is -0.150. The highest BCUT2D eigenvalue weighted by atomic mass is 16.5. The molecule has 3 heteroatoms. The van der Waals surface area contributed by atoms with Gasteiger partial charge in [-0.1, -0.05) is 27.2 Å². The van der Waals surface area contributed by atoms with Crippen molar-refractivity contribution in [2.24, 2.45) is 5.92 Å². The molecule has 1 aliphatic rings. The number of carbonyl (C=O) groups is 1. The number of rotatable bonds is 4. The van der Waals surface area contributed by atoms with Crippen LogP contribution in [0.4, 0.5) is 0 Å². The van der Waals surface area contributed by atoms with E-state index in [9.17, 15) is 4.79 Å². The van der Waals surface area contributed by atoms with Crippen LogP contribution in [0.25, 0.3) is 0 Å². The zero-order chi connectivity index (χ0) is 11.3. The van der Waals surface area contributed by atoms with Crippen LogP contribution in [0.1, 0.15) is 46.5 Å². The molecule has 1 saturated carbocycles. The van der Waals surface area contributed by atoms with Gasteiger partial charge >= 0.3 is 5.97 Å². The fraction of sp³-hybridized carbons (Fsp3) is 0.917. The zero-order valence-corrected chi connectivity index (χ0v) is 10.1. The summed E-state index contributed by atoms with van der Waals surface area (Å²) < 4.78 is 5.41. The number of carbonyl (C=O) groups excluding carboxylic acids is 1. The minimum absolute atomic E-state index is 0.109. The van der Waals surface area contributed by atoms with Crippen molar-refractivity contribution in [2.45, 2.75) is 58.6 Å². The Bertz CT molecular complexity index is 204. The quantitative estimate of drug-likeness (QED) is 0.727. The maximum absolute atomic E-state index is 11.4. The minimum Gasteiger partial charge on any atom is -0.461 e. The molecule has 1 fully saturated rings. The summed E-state index contributed by atoms with van der Waals surface area (Å²) >= 11 is 0. The van der Waals surface area contributed by atoms with Crippen LogP contribution in [-0.4, -0.2) is 24.7 Å². The molecule has 1 rings (SSSR count). The van der Waals surface area contributed by atoms with Gasteiger partial charge in [-0.2, -0.15) is 0 Å². The van der Waals surface area contributed by atoms with Crippen molar-refractivity contribution in [2.75, 3.05) is 6.54 Å². The van der Waals surface area contributed by atoms with Gasteiger partial charge in [0.05, 0.1) is 6.54 Å². The third-order valence-electron chi connectivity index (χ3n) is 2.84. The standard InChI is InChI=1S/C12H23NO2/c1-9(2)13-8-12(14)15-11-6-4-5-10(3)7-11/h9-11,13H,4-8H2,1-3H3. The van der Waals surface area contributed by atoms with E-state index >= 15 is 0 Å². The van der Waals surface area contributed by atoms with Crippen molar-refractivity contribution >= 4 is 5.97 Å². The van der Waals surface area contributed by atoms with Gasteiger partial charge in [-0.3, -0.25) is 4.79 Å². The topological polar surface area (TPSA) is 38.3 Å². The molecule has 1 aliphatic carbocycles. The van der Waals surface area contributed by atoms with E-state index in [0.717, 1.165) is 12.8 Å². The molecule has 0 radical (unpaired) electrons. The van der Waals surface area contributed by atoms with E-state index < -0.39 is 0 Å². The van der Waals surface area contributed by atoms with Gasteiger partial charge < -0.3 is 10.1 Å². The molecule has 15 heavy (non-hydrogen) atoms. The maximum atomic E-state index is 11.4. The van der Waals surface area contributed by atoms with Crippen molar-refractivity contribution in [1.82, 2.24) is 5.32 Å². The van der Waals surface area contributed by atoms with Crippen LogP contribution in [0.3, 0.4) is 0 Å². The third kappa shape index (κ3) is 5.17. The van der Waals surface area contributed by atoms with Gasteiger partial charge in [0, 0.05) is 6.04 Å². The van der Waals surface area contributed by atoms with Crippen LogP contribution in [0.15, 0.2) is 0 Å². The SMILES string of the molecule is CC1CCCC(OC(=O)CNC(C)C)C1. The minimum atomic E-state index is -0.109. The molecule has 3 nitrogen and oxygen atoms in total. The first-order valence-corrected chi connectivity index (χ1v) is 6.00. The van der Waals surface area contributed by atoms with Crippen molar-refractivity contribution in [3.63, 3.8) is 0 Å². The lowest BCUT2D eigenvalue weighted by Crippen LogP contribution is -2.33. The number of hydrogen-bond acceptors (Lipinski definition) is 3. The number of ether oxygens (including phenoxy) is 1. The van der Waals surface area contributed by atoms with E-state index in [4.69, 9.17) is 4.74 Å². The molecule has 0 spiro atoms. The molecule has 0 saturated heterocycles. The number of hydrogen-bond donors (Lipinski definition) is 1. The predicted octanol–water partition coefficient (Wildman–Crippen LogP) is 2.11. The first kappa shape index (κ1) is 12.5. The first-order chi connectivity index (χ1) is 7.08. The Morgan fingerprint density at radius 1 is 1.47 bits per heavy atom. The lowest BCUT2D eigenvalue weighted by atomic mass is 9.89. The summed E-state index contributed by atoms with van der Waals surface area (Å²) in [5.74, 6) is 0.595. The number of esters is 1. The van der Waals surface area contributed by atoms with Crippen LogP contribution in [-0.2, 0) is 9.53 Å². The van der Waals surface area contributed by atoms with Crippen molar-refractivity contribution in [1.29, 1.82) is 0 Å². The van der Waals surface area contributed by atoms with Crippen LogP contribution < -0.4 is 5.32 Å². The van der Waals surface area contributed by atoms with Crippen LogP contribution in [0.5, 0.6) is 0 Å². The highest BCUT2D eigenvalue weighted by molar-refractivity contribution is 5.71. The Balaban J connectivity index is 2.19. The van der Waals surface area contributed by atoms with Gasteiger partial charge in [0.25, 0.3) is 0 Å². The molecule has 0 aromatic heterocycles. The molecule has 2 unspecified atom stereocenters. The molecule has 0 amide bonds. The van der Waals surface area contributed by atoms with Gasteiger partial charge in [-0.25, -0.2) is 0 Å². The van der Waals surface area contributed by atoms with Gasteiger partial charge in [-0.15, -0.1) is 0 Å².